The number of aliphatic hydroxyl groups is 1. The van der Waals surface area contributed by atoms with Gasteiger partial charge in [-0.05, 0) is 30.4 Å². The Morgan fingerprint density at radius 3 is 2.35 bits per heavy atom. The Morgan fingerprint density at radius 1 is 1.26 bits per heavy atom. The lowest BCUT2D eigenvalue weighted by Gasteiger charge is -2.20. The molecule has 5 heteroatoms. The molecule has 0 radical (unpaired) electrons. The first-order valence-corrected chi connectivity index (χ1v) is 7.78. The minimum absolute atomic E-state index is 0.0774. The first-order valence-electron chi connectivity index (χ1n) is 7.78. The number of H-pyrrole nitrogens is 1. The fraction of sp³-hybridized carbons (Fsp3) is 0.444. The highest BCUT2D eigenvalue weighted by Gasteiger charge is 2.18. The molecule has 124 valence electrons. The first kappa shape index (κ1) is 17.2. The van der Waals surface area contributed by atoms with E-state index in [9.17, 15) is 9.90 Å². The number of carbonyl (C=O) groups excluding carboxylic acids is 1. The molecule has 0 aliphatic rings. The largest absolute Gasteiger partial charge is 0.387 e. The number of rotatable bonds is 4. The Bertz CT molecular complexity index is 662. The predicted molar refractivity (Wildman–Crippen MR) is 90.5 cm³/mol. The van der Waals surface area contributed by atoms with Crippen molar-refractivity contribution in [2.45, 2.75) is 46.1 Å². The number of aryl methyl sites for hydroxylation is 2. The molecule has 1 aromatic carbocycles. The second-order valence-corrected chi connectivity index (χ2v) is 6.91. The van der Waals surface area contributed by atoms with E-state index in [1.807, 2.05) is 24.3 Å². The zero-order valence-electron chi connectivity index (χ0n) is 14.4. The Hall–Kier alpha value is -2.14. The number of aromatic amines is 1. The van der Waals surface area contributed by atoms with Crippen LogP contribution >= 0.6 is 0 Å². The van der Waals surface area contributed by atoms with Crippen molar-refractivity contribution >= 4 is 5.91 Å². The molecule has 3 N–H and O–H groups in total. The van der Waals surface area contributed by atoms with Crippen LogP contribution in [-0.4, -0.2) is 27.8 Å². The minimum atomic E-state index is -0.736. The van der Waals surface area contributed by atoms with Crippen LogP contribution < -0.4 is 5.32 Å². The van der Waals surface area contributed by atoms with Gasteiger partial charge in [0.2, 0.25) is 0 Å². The van der Waals surface area contributed by atoms with Crippen molar-refractivity contribution in [1.29, 1.82) is 0 Å². The molecule has 1 atom stereocenters. The van der Waals surface area contributed by atoms with E-state index < -0.39 is 6.10 Å². The van der Waals surface area contributed by atoms with E-state index in [1.165, 1.54) is 5.56 Å². The molecule has 0 saturated carbocycles. The fourth-order valence-electron chi connectivity index (χ4n) is 2.49. The molecule has 0 bridgehead atoms. The molecule has 1 unspecified atom stereocenters. The molecule has 2 rings (SSSR count). The maximum Gasteiger partial charge on any atom is 0.255 e. The van der Waals surface area contributed by atoms with Gasteiger partial charge in [0.1, 0.15) is 0 Å². The number of nitrogens with one attached hydrogen (secondary N) is 2. The molecule has 0 fully saturated rings. The maximum absolute atomic E-state index is 12.2. The van der Waals surface area contributed by atoms with E-state index >= 15 is 0 Å². The van der Waals surface area contributed by atoms with Gasteiger partial charge in [-0.2, -0.15) is 5.10 Å². The van der Waals surface area contributed by atoms with Crippen LogP contribution in [0.2, 0.25) is 0 Å². The summed E-state index contributed by atoms with van der Waals surface area (Å²) in [4.78, 5) is 12.2. The summed E-state index contributed by atoms with van der Waals surface area (Å²) >= 11 is 0. The van der Waals surface area contributed by atoms with Gasteiger partial charge in [-0.25, -0.2) is 0 Å². The normalized spacial score (nSPS) is 13.0. The van der Waals surface area contributed by atoms with Gasteiger partial charge in [0.25, 0.3) is 5.91 Å². The molecular weight excluding hydrogens is 290 g/mol. The van der Waals surface area contributed by atoms with Crippen LogP contribution in [0.15, 0.2) is 24.3 Å². The average Bonchev–Trinajstić information content (AvgIpc) is 2.83. The summed E-state index contributed by atoms with van der Waals surface area (Å²) in [5, 5.41) is 19.8. The highest BCUT2D eigenvalue weighted by atomic mass is 16.3. The van der Waals surface area contributed by atoms with Crippen LogP contribution in [0.1, 0.15) is 59.7 Å². The van der Waals surface area contributed by atoms with Crippen LogP contribution in [0.5, 0.6) is 0 Å². The van der Waals surface area contributed by atoms with Crippen molar-refractivity contribution in [2.75, 3.05) is 6.54 Å². The molecule has 5 nitrogen and oxygen atoms in total. The highest BCUT2D eigenvalue weighted by Crippen LogP contribution is 2.23. The van der Waals surface area contributed by atoms with Gasteiger partial charge in [-0.15, -0.1) is 0 Å². The van der Waals surface area contributed by atoms with Crippen molar-refractivity contribution in [2.24, 2.45) is 0 Å². The molecular formula is C18H25N3O2. The summed E-state index contributed by atoms with van der Waals surface area (Å²) < 4.78 is 0. The third-order valence-electron chi connectivity index (χ3n) is 3.97. The Labute approximate surface area is 137 Å². The summed E-state index contributed by atoms with van der Waals surface area (Å²) in [6, 6.07) is 7.85. The van der Waals surface area contributed by atoms with E-state index in [4.69, 9.17) is 0 Å². The zero-order chi connectivity index (χ0) is 17.2. The Kier molecular flexibility index (Phi) is 4.90. The summed E-state index contributed by atoms with van der Waals surface area (Å²) in [5.74, 6) is -0.223. The van der Waals surface area contributed by atoms with Gasteiger partial charge in [0, 0.05) is 12.2 Å². The van der Waals surface area contributed by atoms with Crippen LogP contribution in [0.25, 0.3) is 0 Å². The number of aliphatic hydroxyl groups excluding tert-OH is 1. The van der Waals surface area contributed by atoms with Crippen LogP contribution in [0, 0.1) is 13.8 Å². The lowest BCUT2D eigenvalue weighted by molar-refractivity contribution is 0.0915. The third-order valence-corrected chi connectivity index (χ3v) is 3.97. The van der Waals surface area contributed by atoms with E-state index in [0.29, 0.717) is 11.3 Å². The Morgan fingerprint density at radius 2 is 1.87 bits per heavy atom. The number of hydrogen-bond acceptors (Lipinski definition) is 3. The van der Waals surface area contributed by atoms with Gasteiger partial charge in [-0.3, -0.25) is 9.89 Å². The van der Waals surface area contributed by atoms with Crippen molar-refractivity contribution in [3.05, 3.63) is 52.3 Å². The Balaban J connectivity index is 2.00. The van der Waals surface area contributed by atoms with Crippen LogP contribution in [-0.2, 0) is 5.41 Å². The smallest absolute Gasteiger partial charge is 0.255 e. The summed E-state index contributed by atoms with van der Waals surface area (Å²) in [6.07, 6.45) is -0.736. The quantitative estimate of drug-likeness (QED) is 0.812. The highest BCUT2D eigenvalue weighted by molar-refractivity contribution is 5.96. The van der Waals surface area contributed by atoms with E-state index in [0.717, 1.165) is 11.3 Å². The van der Waals surface area contributed by atoms with Gasteiger partial charge < -0.3 is 10.4 Å². The predicted octanol–water partition coefficient (Wildman–Crippen LogP) is 2.79. The standard InChI is InChI=1S/C18H25N3O2/c1-11-16(12(2)21-20-11)17(23)19-10-15(22)13-6-8-14(9-7-13)18(3,4)5/h6-9,15,22H,10H2,1-5H3,(H,19,23)(H,20,21). The molecule has 0 saturated heterocycles. The molecule has 0 aliphatic carbocycles. The van der Waals surface area contributed by atoms with Gasteiger partial charge in [0.05, 0.1) is 17.4 Å². The van der Waals surface area contributed by atoms with Gasteiger partial charge >= 0.3 is 0 Å². The lowest BCUT2D eigenvalue weighted by atomic mass is 9.86. The second-order valence-electron chi connectivity index (χ2n) is 6.91. The minimum Gasteiger partial charge on any atom is -0.387 e. The number of aromatic nitrogens is 2. The monoisotopic (exact) mass is 315 g/mol. The molecule has 0 spiro atoms. The SMILES string of the molecule is Cc1n[nH]c(C)c1C(=O)NCC(O)c1ccc(C(C)(C)C)cc1. The van der Waals surface area contributed by atoms with Crippen molar-refractivity contribution in [3.8, 4) is 0 Å². The fourth-order valence-corrected chi connectivity index (χ4v) is 2.49. The van der Waals surface area contributed by atoms with Crippen molar-refractivity contribution in [3.63, 3.8) is 0 Å². The number of amides is 1. The number of benzene rings is 1. The topological polar surface area (TPSA) is 78.0 Å². The summed E-state index contributed by atoms with van der Waals surface area (Å²) in [7, 11) is 0. The zero-order valence-corrected chi connectivity index (χ0v) is 14.4. The van der Waals surface area contributed by atoms with E-state index in [1.54, 1.807) is 13.8 Å². The third kappa shape index (κ3) is 3.99. The van der Waals surface area contributed by atoms with Crippen LogP contribution in [0.4, 0.5) is 0 Å². The average molecular weight is 315 g/mol. The molecule has 23 heavy (non-hydrogen) atoms. The van der Waals surface area contributed by atoms with E-state index in [2.05, 4.69) is 36.3 Å². The number of carbonyl (C=O) groups is 1. The number of nitrogens with zero attached hydrogens (tertiary/aromatic N) is 1. The van der Waals surface area contributed by atoms with Gasteiger partial charge in [-0.1, -0.05) is 45.0 Å². The summed E-state index contributed by atoms with van der Waals surface area (Å²) in [5.41, 5.74) is 4.00. The van der Waals surface area contributed by atoms with E-state index in [-0.39, 0.29) is 17.9 Å². The summed E-state index contributed by atoms with van der Waals surface area (Å²) in [6.45, 7) is 10.2. The lowest BCUT2D eigenvalue weighted by Crippen LogP contribution is -2.29. The maximum atomic E-state index is 12.2. The van der Waals surface area contributed by atoms with Crippen molar-refractivity contribution in [1.82, 2.24) is 15.5 Å². The van der Waals surface area contributed by atoms with Crippen LogP contribution in [0.3, 0.4) is 0 Å². The van der Waals surface area contributed by atoms with Crippen molar-refractivity contribution < 1.29 is 9.90 Å². The van der Waals surface area contributed by atoms with Gasteiger partial charge in [0.15, 0.2) is 0 Å². The molecule has 2 aromatic rings. The first-order chi connectivity index (χ1) is 10.7. The molecule has 0 aliphatic heterocycles. The number of hydrogen-bond donors (Lipinski definition) is 3. The molecule has 1 aromatic heterocycles. The molecule has 1 amide bonds. The second kappa shape index (κ2) is 6.54. The molecule has 1 heterocycles.